The maximum Gasteiger partial charge on any atom is 2.00 e. The molecule has 6 heteroatoms. The minimum absolute atomic E-state index is 0. The molecule has 0 bridgehead atoms. The van der Waals surface area contributed by atoms with E-state index in [9.17, 15) is 0 Å². The first-order valence-corrected chi connectivity index (χ1v) is 26.4. The number of aromatic nitrogens is 1. The van der Waals surface area contributed by atoms with E-state index in [1.54, 1.807) is 33.4 Å². The molecule has 351 valence electrons. The summed E-state index contributed by atoms with van der Waals surface area (Å²) < 4.78 is 0. The fraction of sp³-hybridized carbons (Fsp3) is 0.672. The van der Waals surface area contributed by atoms with Gasteiger partial charge >= 0.3 is 16.8 Å². The topological polar surface area (TPSA) is 37.6 Å². The van der Waals surface area contributed by atoms with Gasteiger partial charge in [0.1, 0.15) is 0 Å². The molecule has 1 aromatic heterocycles. The second kappa shape index (κ2) is 24.9. The molecule has 3 nitrogen and oxygen atoms in total. The molecule has 0 N–H and O–H groups in total. The Bertz CT molecular complexity index is 1780. The van der Waals surface area contributed by atoms with Crippen molar-refractivity contribution >= 4 is 22.8 Å². The number of hydrogen-bond acceptors (Lipinski definition) is 3. The van der Waals surface area contributed by atoms with Gasteiger partial charge in [-0.25, -0.2) is 4.98 Å². The van der Waals surface area contributed by atoms with Crippen LogP contribution in [0.4, 0.5) is 11.4 Å². The third kappa shape index (κ3) is 12.4. The molecule has 0 spiro atoms. The standard InChI is InChI=1S/C58H81N3.2ClH.Co/c1-40-34-55(41(2)59-57-51(45-26-14-6-15-27-45)36-49(43-22-10-4-11-23-43)37-52(57)46-28-16-7-17-29-46)61-56(35-40)42(3)60-58-53(47-30-18-8-19-31-47)38-50(44-24-12-5-13-25-44)39-54(58)48-32-20-9-21-33-48;;;/h34-39,43-48H,4-33H2,1-3H3;2*1H;/q;;;+2/p-2. The van der Waals surface area contributed by atoms with Crippen molar-refractivity contribution in [3.05, 3.63) is 86.7 Å². The van der Waals surface area contributed by atoms with E-state index in [1.807, 2.05) is 0 Å². The zero-order valence-corrected chi connectivity index (χ0v) is 42.6. The molecule has 1 heterocycles. The Kier molecular flexibility index (Phi) is 20.0. The van der Waals surface area contributed by atoms with E-state index in [4.69, 9.17) is 15.0 Å². The third-order valence-electron chi connectivity index (χ3n) is 17.0. The summed E-state index contributed by atoms with van der Waals surface area (Å²) in [5.41, 5.74) is 17.7. The van der Waals surface area contributed by atoms with Crippen molar-refractivity contribution in [1.82, 2.24) is 4.98 Å². The third-order valence-corrected chi connectivity index (χ3v) is 17.0. The molecule has 64 heavy (non-hydrogen) atoms. The molecule has 6 aliphatic rings. The Morgan fingerprint density at radius 3 is 0.859 bits per heavy atom. The number of rotatable bonds is 10. The molecule has 6 saturated carbocycles. The van der Waals surface area contributed by atoms with E-state index in [-0.39, 0.29) is 41.6 Å². The fourth-order valence-electron chi connectivity index (χ4n) is 13.4. The van der Waals surface area contributed by atoms with Crippen LogP contribution in [-0.2, 0) is 16.8 Å². The molecular weight excluding hydrogens is 868 g/mol. The number of halogens is 2. The van der Waals surface area contributed by atoms with E-state index in [2.05, 4.69) is 57.2 Å². The van der Waals surface area contributed by atoms with Crippen LogP contribution < -0.4 is 24.8 Å². The quantitative estimate of drug-likeness (QED) is 0.187. The van der Waals surface area contributed by atoms with Crippen LogP contribution in [0, 0.1) is 6.92 Å². The van der Waals surface area contributed by atoms with Gasteiger partial charge in [0, 0.05) is 0 Å². The molecule has 0 unspecified atom stereocenters. The summed E-state index contributed by atoms with van der Waals surface area (Å²) in [5, 5.41) is 0. The van der Waals surface area contributed by atoms with Crippen LogP contribution in [0.25, 0.3) is 0 Å². The molecule has 1 radical (unpaired) electrons. The second-order valence-corrected chi connectivity index (χ2v) is 21.4. The van der Waals surface area contributed by atoms with Gasteiger partial charge in [-0.2, -0.15) is 0 Å². The molecule has 2 aromatic carbocycles. The first-order valence-electron chi connectivity index (χ1n) is 26.4. The van der Waals surface area contributed by atoms with Crippen LogP contribution in [-0.4, -0.2) is 16.4 Å². The molecular formula is C58H81Cl2CoN3. The first kappa shape index (κ1) is 51.4. The van der Waals surface area contributed by atoms with E-state index < -0.39 is 0 Å². The van der Waals surface area contributed by atoms with E-state index in [0.29, 0.717) is 23.7 Å². The Balaban J connectivity index is 0.00000227. The van der Waals surface area contributed by atoms with Gasteiger partial charge < -0.3 is 24.8 Å². The van der Waals surface area contributed by atoms with Gasteiger partial charge in [0.2, 0.25) is 0 Å². The summed E-state index contributed by atoms with van der Waals surface area (Å²) in [6, 6.07) is 15.3. The van der Waals surface area contributed by atoms with Crippen LogP contribution in [0.3, 0.4) is 0 Å². The van der Waals surface area contributed by atoms with Gasteiger partial charge in [0.05, 0.1) is 34.2 Å². The summed E-state index contributed by atoms with van der Waals surface area (Å²) in [6.07, 6.45) is 40.7. The van der Waals surface area contributed by atoms with Crippen LogP contribution in [0.5, 0.6) is 0 Å². The maximum absolute atomic E-state index is 5.81. The smallest absolute Gasteiger partial charge is 1.00 e. The number of pyridine rings is 1. The van der Waals surface area contributed by atoms with Crippen molar-refractivity contribution < 1.29 is 41.6 Å². The molecule has 0 aliphatic heterocycles. The van der Waals surface area contributed by atoms with Gasteiger partial charge in [-0.1, -0.05) is 140 Å². The van der Waals surface area contributed by atoms with Crippen LogP contribution >= 0.6 is 0 Å². The average Bonchev–Trinajstić information content (AvgIpc) is 3.33. The number of benzene rings is 2. The van der Waals surface area contributed by atoms with E-state index in [0.717, 1.165) is 34.6 Å². The zero-order valence-electron chi connectivity index (χ0n) is 40.1. The monoisotopic (exact) mass is 949 g/mol. The SMILES string of the molecule is CC(=Nc1c(C2CCCCC2)cc(C2CCCCC2)cc1C1CCCCC1)c1cc(C)cc(C(C)=Nc2c(C3CCCCC3)cc(C3CCCCC3)cc2C2CCCCC2)n1.[Cl-].[Cl-].[Co+2]. The molecule has 0 amide bonds. The molecule has 6 aliphatic carbocycles. The predicted molar refractivity (Wildman–Crippen MR) is 261 cm³/mol. The van der Waals surface area contributed by atoms with Gasteiger partial charge in [-0.3, -0.25) is 9.98 Å². The van der Waals surface area contributed by atoms with Crippen molar-refractivity contribution in [3.8, 4) is 0 Å². The fourth-order valence-corrected chi connectivity index (χ4v) is 13.4. The van der Waals surface area contributed by atoms with Crippen molar-refractivity contribution in [2.75, 3.05) is 0 Å². The molecule has 0 atom stereocenters. The summed E-state index contributed by atoms with van der Waals surface area (Å²) in [7, 11) is 0. The largest absolute Gasteiger partial charge is 2.00 e. The maximum atomic E-state index is 5.81. The number of aliphatic imine (C=N–C) groups is 2. The summed E-state index contributed by atoms with van der Waals surface area (Å²) in [6.45, 7) is 6.78. The summed E-state index contributed by atoms with van der Waals surface area (Å²) in [5.74, 6) is 3.96. The van der Waals surface area contributed by atoms with Gasteiger partial charge in [-0.15, -0.1) is 0 Å². The first-order chi connectivity index (χ1) is 30.0. The minimum Gasteiger partial charge on any atom is -1.00 e. The summed E-state index contributed by atoms with van der Waals surface area (Å²) >= 11 is 0. The number of hydrogen-bond donors (Lipinski definition) is 0. The minimum atomic E-state index is 0. The second-order valence-electron chi connectivity index (χ2n) is 21.4. The van der Waals surface area contributed by atoms with E-state index in [1.165, 1.54) is 210 Å². The number of nitrogens with zero attached hydrogens (tertiary/aromatic N) is 3. The van der Waals surface area contributed by atoms with Gasteiger partial charge in [0.15, 0.2) is 0 Å². The van der Waals surface area contributed by atoms with Crippen LogP contribution in [0.2, 0.25) is 0 Å². The Morgan fingerprint density at radius 2 is 0.609 bits per heavy atom. The molecule has 3 aromatic rings. The normalized spacial score (nSPS) is 22.0. The van der Waals surface area contributed by atoms with E-state index >= 15 is 0 Å². The van der Waals surface area contributed by atoms with Crippen molar-refractivity contribution in [1.29, 1.82) is 0 Å². The number of aryl methyl sites for hydroxylation is 1. The zero-order chi connectivity index (χ0) is 41.5. The Hall–Kier alpha value is -1.98. The van der Waals surface area contributed by atoms with Gasteiger partial charge in [0.25, 0.3) is 0 Å². The van der Waals surface area contributed by atoms with Crippen molar-refractivity contribution in [2.45, 2.75) is 249 Å². The molecule has 9 rings (SSSR count). The van der Waals surface area contributed by atoms with Crippen molar-refractivity contribution in [2.24, 2.45) is 9.98 Å². The van der Waals surface area contributed by atoms with Gasteiger partial charge in [-0.05, 0) is 184 Å². The van der Waals surface area contributed by atoms with Crippen LogP contribution in [0.15, 0.2) is 46.4 Å². The predicted octanol–water partition coefficient (Wildman–Crippen LogP) is 12.0. The van der Waals surface area contributed by atoms with Crippen molar-refractivity contribution in [3.63, 3.8) is 0 Å². The Labute approximate surface area is 412 Å². The van der Waals surface area contributed by atoms with Crippen LogP contribution in [0.1, 0.15) is 292 Å². The molecule has 6 fully saturated rings. The Morgan fingerprint density at radius 1 is 0.375 bits per heavy atom. The summed E-state index contributed by atoms with van der Waals surface area (Å²) in [4.78, 5) is 17.1. The molecule has 0 saturated heterocycles. The average molecular weight is 950 g/mol.